The van der Waals surface area contributed by atoms with E-state index in [4.69, 9.17) is 0 Å². The Balaban J connectivity index is 0. The zero-order valence-electron chi connectivity index (χ0n) is 6.35. The molecule has 0 aromatic rings. The fourth-order valence-corrected chi connectivity index (χ4v) is 0. The minimum atomic E-state index is 0. The zero-order chi connectivity index (χ0) is 0. The van der Waals surface area contributed by atoms with E-state index >= 15 is 0 Å². The summed E-state index contributed by atoms with van der Waals surface area (Å²) in [6.45, 7) is 0. The van der Waals surface area contributed by atoms with Crippen LogP contribution in [0, 0.1) is 44.6 Å². The Morgan fingerprint density at radius 3 is 0.375 bits per heavy atom. The van der Waals surface area contributed by atoms with E-state index in [9.17, 15) is 0 Å². The fraction of sp³-hybridized carbons (Fsp3) is 0.143. The summed E-state index contributed by atoms with van der Waals surface area (Å²) in [5, 5.41) is 0. The fourth-order valence-electron chi connectivity index (χ4n) is 0. The first-order valence-electron chi connectivity index (χ1n) is 0. The summed E-state index contributed by atoms with van der Waals surface area (Å²) in [4.78, 5) is 0. The third-order valence-electron chi connectivity index (χ3n) is 0. The van der Waals surface area contributed by atoms with E-state index in [1.165, 1.54) is 0 Å². The molecule has 58 valence electrons. The largest absolute Gasteiger partial charge is 6.00 e. The van der Waals surface area contributed by atoms with Gasteiger partial charge >= 0.3 is 19.8 Å². The van der Waals surface area contributed by atoms with E-state index in [0.717, 1.165) is 0 Å². The van der Waals surface area contributed by atoms with Gasteiger partial charge in [0.2, 0.25) is 0 Å². The van der Waals surface area contributed by atoms with E-state index in [0.29, 0.717) is 0 Å². The van der Waals surface area contributed by atoms with Crippen molar-refractivity contribution < 1.29 is 19.8 Å². The van der Waals surface area contributed by atoms with Crippen molar-refractivity contribution in [3.8, 4) is 0 Å². The van der Waals surface area contributed by atoms with Crippen molar-refractivity contribution >= 4 is 0 Å². The smallest absolute Gasteiger partial charge is 0.358 e. The minimum Gasteiger partial charge on any atom is -0.358 e. The predicted octanol–water partition coefficient (Wildman–Crippen LogP) is 3.34. The zero-order valence-corrected chi connectivity index (χ0v) is 8.89. The van der Waals surface area contributed by atoms with Crippen LogP contribution >= 0.6 is 0 Å². The van der Waals surface area contributed by atoms with Crippen LogP contribution in [0.1, 0.15) is 7.43 Å². The van der Waals surface area contributed by atoms with Crippen molar-refractivity contribution in [2.75, 3.05) is 0 Å². The summed E-state index contributed by atoms with van der Waals surface area (Å²) < 4.78 is 0. The maximum Gasteiger partial charge on any atom is 6.00 e. The number of hydrogen-bond acceptors (Lipinski definition) is 0. The molecule has 8 heavy (non-hydrogen) atoms. The molecule has 0 aliphatic carbocycles. The molecule has 0 fully saturated rings. The van der Waals surface area contributed by atoms with Gasteiger partial charge in [-0.3, -0.25) is 0 Å². The maximum atomic E-state index is 0. The number of hydrogen-bond donors (Lipinski definition) is 0. The van der Waals surface area contributed by atoms with Crippen LogP contribution in [0.3, 0.4) is 0 Å². The molecule has 0 nitrogen and oxygen atoms in total. The van der Waals surface area contributed by atoms with Crippen molar-refractivity contribution in [2.45, 2.75) is 7.43 Å². The first-order chi connectivity index (χ1) is 0. The third-order valence-corrected chi connectivity index (χ3v) is 0. The second-order valence-electron chi connectivity index (χ2n) is 0. The SMILES string of the molecule is C.[CH3-].[CH3-].[CH3-].[CH3-].[CH3-].[CH3-].[Os+6]. The van der Waals surface area contributed by atoms with E-state index in [-0.39, 0.29) is 71.8 Å². The Bertz CT molecular complexity index is 4.35. The first-order valence-corrected chi connectivity index (χ1v) is 0. The van der Waals surface area contributed by atoms with Crippen molar-refractivity contribution in [1.82, 2.24) is 0 Å². The molecule has 0 N–H and O–H groups in total. The van der Waals surface area contributed by atoms with Gasteiger partial charge in [-0.2, -0.15) is 0 Å². The van der Waals surface area contributed by atoms with Crippen LogP contribution in [0.4, 0.5) is 0 Å². The number of rotatable bonds is 0. The van der Waals surface area contributed by atoms with Gasteiger partial charge < -0.3 is 44.6 Å². The molecule has 0 spiro atoms. The monoisotopic (exact) mass is 298 g/mol. The summed E-state index contributed by atoms with van der Waals surface area (Å²) in [5.41, 5.74) is 0. The molecule has 0 aromatic heterocycles. The van der Waals surface area contributed by atoms with Crippen LogP contribution in [0.25, 0.3) is 0 Å². The van der Waals surface area contributed by atoms with Crippen LogP contribution < -0.4 is 0 Å². The van der Waals surface area contributed by atoms with Gasteiger partial charge in [0.1, 0.15) is 0 Å². The molecule has 0 bridgehead atoms. The van der Waals surface area contributed by atoms with E-state index < -0.39 is 0 Å². The standard InChI is InChI=1S/CH4.6CH3.Os/h1H4;6*1H3;/q;6*-1;+6. The Labute approximate surface area is 72.1 Å². The van der Waals surface area contributed by atoms with Crippen molar-refractivity contribution in [1.29, 1.82) is 0 Å². The van der Waals surface area contributed by atoms with Crippen molar-refractivity contribution in [2.24, 2.45) is 0 Å². The molecular formula is C7H22Os. The average Bonchev–Trinajstić information content (AvgIpc) is 0. The molecular weight excluding hydrogens is 274 g/mol. The van der Waals surface area contributed by atoms with E-state index in [1.807, 2.05) is 0 Å². The second kappa shape index (κ2) is 830. The molecule has 0 atom stereocenters. The van der Waals surface area contributed by atoms with Gasteiger partial charge in [-0.25, -0.2) is 0 Å². The Hall–Kier alpha value is 0.636. The van der Waals surface area contributed by atoms with Crippen LogP contribution in [0.15, 0.2) is 0 Å². The predicted molar refractivity (Wildman–Crippen MR) is 45.2 cm³/mol. The average molecular weight is 296 g/mol. The van der Waals surface area contributed by atoms with Crippen LogP contribution in [-0.2, 0) is 19.8 Å². The summed E-state index contributed by atoms with van der Waals surface area (Å²) in [6.07, 6.45) is 0. The summed E-state index contributed by atoms with van der Waals surface area (Å²) in [5.74, 6) is 0. The van der Waals surface area contributed by atoms with Crippen molar-refractivity contribution in [3.63, 3.8) is 0 Å². The normalized spacial score (nSPS) is 0. The molecule has 0 radical (unpaired) electrons. The molecule has 0 saturated carbocycles. The van der Waals surface area contributed by atoms with Crippen LogP contribution in [0.5, 0.6) is 0 Å². The van der Waals surface area contributed by atoms with E-state index in [2.05, 4.69) is 0 Å². The summed E-state index contributed by atoms with van der Waals surface area (Å²) in [7, 11) is 0. The van der Waals surface area contributed by atoms with Crippen LogP contribution in [0.2, 0.25) is 0 Å². The maximum absolute atomic E-state index is 0. The van der Waals surface area contributed by atoms with Gasteiger partial charge in [-0.1, -0.05) is 7.43 Å². The molecule has 0 saturated heterocycles. The molecule has 1 heteroatoms. The van der Waals surface area contributed by atoms with Gasteiger partial charge in [-0.05, 0) is 0 Å². The van der Waals surface area contributed by atoms with Gasteiger partial charge in [-0.15, -0.1) is 0 Å². The first kappa shape index (κ1) is 1240. The summed E-state index contributed by atoms with van der Waals surface area (Å²) >= 11 is 0. The molecule has 0 rings (SSSR count). The molecule has 0 unspecified atom stereocenters. The Morgan fingerprint density at radius 2 is 0.375 bits per heavy atom. The third kappa shape index (κ3) is 521. The topological polar surface area (TPSA) is 0 Å². The Kier molecular flexibility index (Phi) is 129000. The van der Waals surface area contributed by atoms with Gasteiger partial charge in [0.05, 0.1) is 0 Å². The molecule has 0 aliphatic heterocycles. The molecule has 0 heterocycles. The van der Waals surface area contributed by atoms with Crippen molar-refractivity contribution in [3.05, 3.63) is 44.6 Å². The quantitative estimate of drug-likeness (QED) is 0.602. The summed E-state index contributed by atoms with van der Waals surface area (Å²) in [6, 6.07) is 0. The molecule has 0 aromatic carbocycles. The second-order valence-corrected chi connectivity index (χ2v) is 0. The Morgan fingerprint density at radius 1 is 0.375 bits per heavy atom. The molecule has 0 aliphatic rings. The van der Waals surface area contributed by atoms with Gasteiger partial charge in [0, 0.05) is 0 Å². The van der Waals surface area contributed by atoms with Gasteiger partial charge in [0.15, 0.2) is 0 Å². The van der Waals surface area contributed by atoms with E-state index in [1.54, 1.807) is 0 Å². The minimum absolute atomic E-state index is 0. The van der Waals surface area contributed by atoms with Gasteiger partial charge in [0.25, 0.3) is 0 Å². The van der Waals surface area contributed by atoms with Crippen LogP contribution in [-0.4, -0.2) is 0 Å². The molecule has 0 amide bonds.